The zero-order chi connectivity index (χ0) is 13.8. The first-order chi connectivity index (χ1) is 9.10. The Morgan fingerprint density at radius 1 is 1.11 bits per heavy atom. The highest BCUT2D eigenvalue weighted by atomic mass is 35.5. The summed E-state index contributed by atoms with van der Waals surface area (Å²) in [6.45, 7) is 4.41. The Labute approximate surface area is 117 Å². The fourth-order valence-electron chi connectivity index (χ4n) is 1.73. The van der Waals surface area contributed by atoms with Crippen LogP contribution in [0.15, 0.2) is 24.3 Å². The van der Waals surface area contributed by atoms with Crippen molar-refractivity contribution in [3.05, 3.63) is 46.2 Å². The Kier molecular flexibility index (Phi) is 4.19. The highest BCUT2D eigenvalue weighted by molar-refractivity contribution is 6.30. The molecule has 1 aromatic heterocycles. The van der Waals surface area contributed by atoms with E-state index in [1.165, 1.54) is 0 Å². The van der Waals surface area contributed by atoms with Gasteiger partial charge in [-0.15, -0.1) is 0 Å². The predicted molar refractivity (Wildman–Crippen MR) is 78.1 cm³/mol. The Morgan fingerprint density at radius 2 is 1.74 bits per heavy atom. The van der Waals surface area contributed by atoms with Crippen LogP contribution in [0.5, 0.6) is 0 Å². The number of nitrogens with two attached hydrogens (primary N) is 1. The summed E-state index contributed by atoms with van der Waals surface area (Å²) in [6.07, 6.45) is 0. The predicted octanol–water partition coefficient (Wildman–Crippen LogP) is 2.64. The van der Waals surface area contributed by atoms with E-state index in [2.05, 4.69) is 20.7 Å². The third-order valence-corrected chi connectivity index (χ3v) is 3.02. The van der Waals surface area contributed by atoms with Crippen molar-refractivity contribution >= 4 is 23.2 Å². The van der Waals surface area contributed by atoms with Gasteiger partial charge < -0.3 is 10.7 Å². The first-order valence-electron chi connectivity index (χ1n) is 5.90. The molecular formula is C13H16ClN5. The molecule has 0 saturated heterocycles. The number of halogens is 1. The Hall–Kier alpha value is -1.85. The maximum absolute atomic E-state index is 5.85. The SMILES string of the molecule is Cc1nc(NN)c(C)c(NCc2ccc(Cl)cc2)n1. The van der Waals surface area contributed by atoms with Crippen molar-refractivity contribution in [3.8, 4) is 0 Å². The number of benzene rings is 1. The van der Waals surface area contributed by atoms with Crippen molar-refractivity contribution < 1.29 is 0 Å². The van der Waals surface area contributed by atoms with Crippen LogP contribution in [-0.4, -0.2) is 9.97 Å². The van der Waals surface area contributed by atoms with Gasteiger partial charge in [-0.3, -0.25) is 0 Å². The molecule has 100 valence electrons. The van der Waals surface area contributed by atoms with Gasteiger partial charge in [-0.2, -0.15) is 0 Å². The summed E-state index contributed by atoms with van der Waals surface area (Å²) in [5.74, 6) is 7.50. The molecule has 6 heteroatoms. The van der Waals surface area contributed by atoms with Gasteiger partial charge >= 0.3 is 0 Å². The minimum Gasteiger partial charge on any atom is -0.366 e. The van der Waals surface area contributed by atoms with Crippen LogP contribution in [0.3, 0.4) is 0 Å². The second-order valence-corrected chi connectivity index (χ2v) is 4.65. The lowest BCUT2D eigenvalue weighted by atomic mass is 10.2. The van der Waals surface area contributed by atoms with Crippen molar-refractivity contribution in [2.45, 2.75) is 20.4 Å². The van der Waals surface area contributed by atoms with Crippen molar-refractivity contribution in [2.75, 3.05) is 10.7 Å². The molecule has 19 heavy (non-hydrogen) atoms. The van der Waals surface area contributed by atoms with Crippen LogP contribution < -0.4 is 16.6 Å². The molecule has 1 heterocycles. The monoisotopic (exact) mass is 277 g/mol. The summed E-state index contributed by atoms with van der Waals surface area (Å²) in [7, 11) is 0. The van der Waals surface area contributed by atoms with Gasteiger partial charge in [0, 0.05) is 17.1 Å². The van der Waals surface area contributed by atoms with Crippen LogP contribution in [0.4, 0.5) is 11.6 Å². The minimum absolute atomic E-state index is 0.631. The lowest BCUT2D eigenvalue weighted by Gasteiger charge is -2.12. The van der Waals surface area contributed by atoms with Crippen LogP contribution >= 0.6 is 11.6 Å². The van der Waals surface area contributed by atoms with E-state index in [9.17, 15) is 0 Å². The van der Waals surface area contributed by atoms with E-state index in [1.807, 2.05) is 38.1 Å². The number of rotatable bonds is 4. The molecule has 0 radical (unpaired) electrons. The molecule has 0 aliphatic carbocycles. The smallest absolute Gasteiger partial charge is 0.148 e. The van der Waals surface area contributed by atoms with Crippen LogP contribution in [0.2, 0.25) is 5.02 Å². The largest absolute Gasteiger partial charge is 0.366 e. The number of anilines is 2. The molecule has 0 amide bonds. The Balaban J connectivity index is 2.15. The number of aryl methyl sites for hydroxylation is 1. The van der Waals surface area contributed by atoms with Crippen molar-refractivity contribution in [2.24, 2.45) is 5.84 Å². The maximum Gasteiger partial charge on any atom is 0.148 e. The van der Waals surface area contributed by atoms with Crippen LogP contribution in [-0.2, 0) is 6.54 Å². The van der Waals surface area contributed by atoms with E-state index in [0.717, 1.165) is 22.0 Å². The van der Waals surface area contributed by atoms with Gasteiger partial charge in [0.1, 0.15) is 17.5 Å². The number of hydrogen-bond donors (Lipinski definition) is 3. The molecule has 0 aliphatic rings. The number of nitrogen functional groups attached to an aromatic ring is 1. The molecule has 0 spiro atoms. The van der Waals surface area contributed by atoms with Gasteiger partial charge in [0.25, 0.3) is 0 Å². The molecule has 0 bridgehead atoms. The van der Waals surface area contributed by atoms with Gasteiger partial charge in [0.05, 0.1) is 0 Å². The normalized spacial score (nSPS) is 10.3. The van der Waals surface area contributed by atoms with Gasteiger partial charge in [0.15, 0.2) is 0 Å². The topological polar surface area (TPSA) is 75.9 Å². The molecule has 2 aromatic rings. The lowest BCUT2D eigenvalue weighted by molar-refractivity contribution is 0.998. The van der Waals surface area contributed by atoms with Crippen LogP contribution in [0, 0.1) is 13.8 Å². The molecule has 0 atom stereocenters. The summed E-state index contributed by atoms with van der Waals surface area (Å²) in [6, 6.07) is 7.68. The first kappa shape index (κ1) is 13.6. The summed E-state index contributed by atoms with van der Waals surface area (Å²) < 4.78 is 0. The number of hydrogen-bond acceptors (Lipinski definition) is 5. The highest BCUT2D eigenvalue weighted by Crippen LogP contribution is 2.19. The molecule has 5 nitrogen and oxygen atoms in total. The first-order valence-corrected chi connectivity index (χ1v) is 6.28. The maximum atomic E-state index is 5.85. The second kappa shape index (κ2) is 5.86. The quantitative estimate of drug-likeness (QED) is 0.592. The van der Waals surface area contributed by atoms with Crippen LogP contribution in [0.25, 0.3) is 0 Å². The average molecular weight is 278 g/mol. The van der Waals surface area contributed by atoms with E-state index in [0.29, 0.717) is 18.2 Å². The molecule has 0 fully saturated rings. The van der Waals surface area contributed by atoms with E-state index in [1.54, 1.807) is 0 Å². The summed E-state index contributed by atoms with van der Waals surface area (Å²) in [4.78, 5) is 8.58. The zero-order valence-corrected chi connectivity index (χ0v) is 11.6. The van der Waals surface area contributed by atoms with E-state index < -0.39 is 0 Å². The third-order valence-electron chi connectivity index (χ3n) is 2.77. The molecule has 0 aliphatic heterocycles. The number of nitrogens with zero attached hydrogens (tertiary/aromatic N) is 2. The highest BCUT2D eigenvalue weighted by Gasteiger charge is 2.07. The van der Waals surface area contributed by atoms with Gasteiger partial charge in [-0.05, 0) is 31.5 Å². The van der Waals surface area contributed by atoms with E-state index in [4.69, 9.17) is 17.4 Å². The van der Waals surface area contributed by atoms with E-state index in [-0.39, 0.29) is 0 Å². The third kappa shape index (κ3) is 3.33. The second-order valence-electron chi connectivity index (χ2n) is 4.22. The fourth-order valence-corrected chi connectivity index (χ4v) is 1.86. The van der Waals surface area contributed by atoms with Gasteiger partial charge in [0.2, 0.25) is 0 Å². The molecule has 0 unspecified atom stereocenters. The van der Waals surface area contributed by atoms with Crippen molar-refractivity contribution in [1.29, 1.82) is 0 Å². The molecule has 4 N–H and O–H groups in total. The van der Waals surface area contributed by atoms with Crippen molar-refractivity contribution in [3.63, 3.8) is 0 Å². The van der Waals surface area contributed by atoms with Crippen LogP contribution in [0.1, 0.15) is 17.0 Å². The van der Waals surface area contributed by atoms with E-state index >= 15 is 0 Å². The lowest BCUT2D eigenvalue weighted by Crippen LogP contribution is -2.14. The number of nitrogens with one attached hydrogen (secondary N) is 2. The molecule has 0 saturated carbocycles. The fraction of sp³-hybridized carbons (Fsp3) is 0.231. The zero-order valence-electron chi connectivity index (χ0n) is 10.9. The Morgan fingerprint density at radius 3 is 2.37 bits per heavy atom. The van der Waals surface area contributed by atoms with Crippen molar-refractivity contribution in [1.82, 2.24) is 9.97 Å². The standard InChI is InChI=1S/C13H16ClN5/c1-8-12(17-9(2)18-13(8)19-15)16-7-10-3-5-11(14)6-4-10/h3-6H,7,15H2,1-2H3,(H2,16,17,18,19). The van der Waals surface area contributed by atoms with Gasteiger partial charge in [-0.25, -0.2) is 15.8 Å². The average Bonchev–Trinajstić information content (AvgIpc) is 2.41. The van der Waals surface area contributed by atoms with Gasteiger partial charge in [-0.1, -0.05) is 23.7 Å². The number of aromatic nitrogens is 2. The molecular weight excluding hydrogens is 262 g/mol. The number of hydrazine groups is 1. The summed E-state index contributed by atoms with van der Waals surface area (Å²) in [5, 5.41) is 4.00. The Bertz CT molecular complexity index is 568. The summed E-state index contributed by atoms with van der Waals surface area (Å²) in [5.41, 5.74) is 4.59. The molecule has 1 aromatic carbocycles. The summed E-state index contributed by atoms with van der Waals surface area (Å²) >= 11 is 5.85. The molecule has 2 rings (SSSR count). The minimum atomic E-state index is 0.631.